The van der Waals surface area contributed by atoms with Crippen molar-refractivity contribution >= 4 is 23.2 Å². The van der Waals surface area contributed by atoms with Crippen LogP contribution in [0.25, 0.3) is 0 Å². The number of thiophene rings is 1. The number of hydrogen-bond acceptors (Lipinski definition) is 4. The van der Waals surface area contributed by atoms with Crippen LogP contribution in [-0.4, -0.2) is 48.6 Å². The number of ether oxygens (including phenoxy) is 1. The molecule has 6 heteroatoms. The van der Waals surface area contributed by atoms with E-state index >= 15 is 0 Å². The Labute approximate surface area is 141 Å². The van der Waals surface area contributed by atoms with E-state index in [1.165, 1.54) is 11.3 Å². The summed E-state index contributed by atoms with van der Waals surface area (Å²) < 4.78 is 5.63. The third-order valence-corrected chi connectivity index (χ3v) is 5.64. The molecule has 2 amide bonds. The van der Waals surface area contributed by atoms with Crippen LogP contribution in [0.1, 0.15) is 42.3 Å². The van der Waals surface area contributed by atoms with Crippen molar-refractivity contribution < 1.29 is 14.3 Å². The van der Waals surface area contributed by atoms with Crippen molar-refractivity contribution in [2.24, 2.45) is 5.92 Å². The lowest BCUT2D eigenvalue weighted by Gasteiger charge is -2.32. The molecule has 1 N–H and O–H groups in total. The Morgan fingerprint density at radius 2 is 2.13 bits per heavy atom. The predicted molar refractivity (Wildman–Crippen MR) is 89.5 cm³/mol. The summed E-state index contributed by atoms with van der Waals surface area (Å²) in [4.78, 5) is 27.3. The van der Waals surface area contributed by atoms with E-state index in [4.69, 9.17) is 4.74 Å². The predicted octanol–water partition coefficient (Wildman–Crippen LogP) is 2.28. The minimum atomic E-state index is 0.00578. The Kier molecular flexibility index (Phi) is 5.33. The summed E-state index contributed by atoms with van der Waals surface area (Å²) in [7, 11) is 0. The van der Waals surface area contributed by atoms with E-state index in [0.29, 0.717) is 13.1 Å². The van der Waals surface area contributed by atoms with Gasteiger partial charge in [-0.2, -0.15) is 0 Å². The highest BCUT2D eigenvalue weighted by atomic mass is 32.1. The van der Waals surface area contributed by atoms with Crippen LogP contribution in [-0.2, 0) is 9.53 Å². The van der Waals surface area contributed by atoms with Gasteiger partial charge in [0.2, 0.25) is 5.91 Å². The smallest absolute Gasteiger partial charge is 0.263 e. The standard InChI is InChI=1S/C17H24N2O3S/c1-12(14-4-2-10-22-14)18-16(20)13-6-8-19(9-7-13)17(21)15-5-3-11-23-15/h3,5,11-14H,2,4,6-10H2,1H3,(H,18,20)/t12-,14+/m1/s1. The van der Waals surface area contributed by atoms with Crippen molar-refractivity contribution in [3.63, 3.8) is 0 Å². The van der Waals surface area contributed by atoms with Crippen LogP contribution in [0.3, 0.4) is 0 Å². The highest BCUT2D eigenvalue weighted by molar-refractivity contribution is 7.12. The molecule has 0 spiro atoms. The van der Waals surface area contributed by atoms with Crippen molar-refractivity contribution in [3.8, 4) is 0 Å². The Balaban J connectivity index is 1.46. The lowest BCUT2D eigenvalue weighted by atomic mass is 9.95. The number of carbonyl (C=O) groups excluding carboxylic acids is 2. The third kappa shape index (κ3) is 3.93. The Hall–Kier alpha value is -1.40. The molecule has 2 saturated heterocycles. The summed E-state index contributed by atoms with van der Waals surface area (Å²) in [6, 6.07) is 3.82. The molecule has 126 valence electrons. The van der Waals surface area contributed by atoms with Crippen LogP contribution in [0.2, 0.25) is 0 Å². The maximum absolute atomic E-state index is 12.4. The lowest BCUT2D eigenvalue weighted by Crippen LogP contribution is -2.47. The number of nitrogens with one attached hydrogen (secondary N) is 1. The van der Waals surface area contributed by atoms with Crippen LogP contribution < -0.4 is 5.32 Å². The number of amides is 2. The minimum Gasteiger partial charge on any atom is -0.376 e. The van der Waals surface area contributed by atoms with Gasteiger partial charge in [-0.3, -0.25) is 9.59 Å². The van der Waals surface area contributed by atoms with Crippen molar-refractivity contribution in [1.82, 2.24) is 10.2 Å². The molecule has 3 rings (SSSR count). The summed E-state index contributed by atoms with van der Waals surface area (Å²) in [5, 5.41) is 5.01. The lowest BCUT2D eigenvalue weighted by molar-refractivity contribution is -0.127. The zero-order valence-electron chi connectivity index (χ0n) is 13.5. The van der Waals surface area contributed by atoms with Crippen LogP contribution >= 0.6 is 11.3 Å². The number of nitrogens with zero attached hydrogens (tertiary/aromatic N) is 1. The molecule has 0 saturated carbocycles. The fourth-order valence-corrected chi connectivity index (χ4v) is 4.02. The van der Waals surface area contributed by atoms with Crippen LogP contribution in [0, 0.1) is 5.92 Å². The number of rotatable bonds is 4. The molecule has 2 fully saturated rings. The Morgan fingerprint density at radius 1 is 1.35 bits per heavy atom. The van der Waals surface area contributed by atoms with Gasteiger partial charge in [-0.1, -0.05) is 6.07 Å². The molecule has 3 heterocycles. The maximum Gasteiger partial charge on any atom is 0.263 e. The molecular formula is C17H24N2O3S. The zero-order valence-corrected chi connectivity index (χ0v) is 14.3. The first kappa shape index (κ1) is 16.5. The Bertz CT molecular complexity index is 532. The fourth-order valence-electron chi connectivity index (χ4n) is 3.33. The number of likely N-dealkylation sites (tertiary alicyclic amines) is 1. The molecule has 1 aromatic rings. The average molecular weight is 336 g/mol. The second-order valence-corrected chi connectivity index (χ2v) is 7.34. The summed E-state index contributed by atoms with van der Waals surface area (Å²) in [6.07, 6.45) is 3.73. The van der Waals surface area contributed by atoms with Gasteiger partial charge in [-0.05, 0) is 44.1 Å². The van der Waals surface area contributed by atoms with E-state index in [-0.39, 0.29) is 29.9 Å². The summed E-state index contributed by atoms with van der Waals surface area (Å²) >= 11 is 1.47. The monoisotopic (exact) mass is 336 g/mol. The van der Waals surface area contributed by atoms with Crippen LogP contribution in [0.15, 0.2) is 17.5 Å². The second-order valence-electron chi connectivity index (χ2n) is 6.39. The van der Waals surface area contributed by atoms with E-state index in [1.807, 2.05) is 29.3 Å². The van der Waals surface area contributed by atoms with Gasteiger partial charge in [0.25, 0.3) is 5.91 Å². The van der Waals surface area contributed by atoms with Crippen molar-refractivity contribution in [3.05, 3.63) is 22.4 Å². The highest BCUT2D eigenvalue weighted by Crippen LogP contribution is 2.22. The minimum absolute atomic E-state index is 0.00578. The topological polar surface area (TPSA) is 58.6 Å². The van der Waals surface area contributed by atoms with Crippen molar-refractivity contribution in [2.75, 3.05) is 19.7 Å². The molecule has 2 aliphatic rings. The van der Waals surface area contributed by atoms with Gasteiger partial charge in [0, 0.05) is 25.6 Å². The highest BCUT2D eigenvalue weighted by Gasteiger charge is 2.30. The second kappa shape index (κ2) is 7.45. The third-order valence-electron chi connectivity index (χ3n) is 4.78. The van der Waals surface area contributed by atoms with Gasteiger partial charge in [0.1, 0.15) is 0 Å². The van der Waals surface area contributed by atoms with Crippen molar-refractivity contribution in [1.29, 1.82) is 0 Å². The van der Waals surface area contributed by atoms with Gasteiger partial charge in [0.05, 0.1) is 17.0 Å². The number of hydrogen-bond donors (Lipinski definition) is 1. The van der Waals surface area contributed by atoms with Gasteiger partial charge in [0.15, 0.2) is 0 Å². The first-order chi connectivity index (χ1) is 11.1. The first-order valence-electron chi connectivity index (χ1n) is 8.40. The summed E-state index contributed by atoms with van der Waals surface area (Å²) in [5.74, 6) is 0.203. The molecule has 0 bridgehead atoms. The van der Waals surface area contributed by atoms with Gasteiger partial charge >= 0.3 is 0 Å². The van der Waals surface area contributed by atoms with Gasteiger partial charge in [-0.25, -0.2) is 0 Å². The number of piperidine rings is 1. The molecular weight excluding hydrogens is 312 g/mol. The average Bonchev–Trinajstić information content (AvgIpc) is 3.27. The molecule has 0 radical (unpaired) electrons. The van der Waals surface area contributed by atoms with Gasteiger partial charge in [-0.15, -0.1) is 11.3 Å². The maximum atomic E-state index is 12.4. The molecule has 1 aromatic heterocycles. The van der Waals surface area contributed by atoms with Crippen LogP contribution in [0.4, 0.5) is 0 Å². The molecule has 0 aliphatic carbocycles. The molecule has 2 aliphatic heterocycles. The molecule has 2 atom stereocenters. The van der Waals surface area contributed by atoms with E-state index in [2.05, 4.69) is 5.32 Å². The molecule has 5 nitrogen and oxygen atoms in total. The molecule has 23 heavy (non-hydrogen) atoms. The first-order valence-corrected chi connectivity index (χ1v) is 9.28. The normalized spacial score (nSPS) is 23.7. The van der Waals surface area contributed by atoms with E-state index < -0.39 is 0 Å². The quantitative estimate of drug-likeness (QED) is 0.918. The van der Waals surface area contributed by atoms with E-state index in [1.54, 1.807) is 0 Å². The zero-order chi connectivity index (χ0) is 16.2. The van der Waals surface area contributed by atoms with Crippen molar-refractivity contribution in [2.45, 2.75) is 44.8 Å². The molecule has 0 aromatic carbocycles. The SMILES string of the molecule is C[C@@H](NC(=O)C1CCN(C(=O)c2cccs2)CC1)[C@@H]1CCCO1. The van der Waals surface area contributed by atoms with E-state index in [0.717, 1.165) is 37.2 Å². The van der Waals surface area contributed by atoms with Gasteiger partial charge < -0.3 is 15.0 Å². The molecule has 0 unspecified atom stereocenters. The van der Waals surface area contributed by atoms with E-state index in [9.17, 15) is 9.59 Å². The Morgan fingerprint density at radius 3 is 2.74 bits per heavy atom. The number of carbonyl (C=O) groups is 2. The summed E-state index contributed by atoms with van der Waals surface area (Å²) in [5.41, 5.74) is 0. The summed E-state index contributed by atoms with van der Waals surface area (Å²) in [6.45, 7) is 4.13. The largest absolute Gasteiger partial charge is 0.376 e. The van der Waals surface area contributed by atoms with Crippen LogP contribution in [0.5, 0.6) is 0 Å². The fraction of sp³-hybridized carbons (Fsp3) is 0.647.